The minimum absolute atomic E-state index is 0.150. The molecule has 6 heteroatoms. The summed E-state index contributed by atoms with van der Waals surface area (Å²) in [6.07, 6.45) is 0.690. The van der Waals surface area contributed by atoms with E-state index in [-0.39, 0.29) is 17.4 Å². The smallest absolute Gasteiger partial charge is 0.280 e. The highest BCUT2D eigenvalue weighted by Gasteiger charge is 2.20. The molecular weight excluding hydrogens is 244 g/mol. The molecule has 19 heavy (non-hydrogen) atoms. The van der Waals surface area contributed by atoms with Crippen LogP contribution in [0.4, 0.5) is 11.4 Å². The molecule has 4 N–H and O–H groups in total. The Bertz CT molecular complexity index is 589. The minimum atomic E-state index is -0.292. The van der Waals surface area contributed by atoms with Gasteiger partial charge in [-0.15, -0.1) is 0 Å². The number of aromatic hydroxyl groups is 1. The number of hydrogen-bond acceptors (Lipinski definition) is 4. The number of rotatable bonds is 3. The Morgan fingerprint density at radius 2 is 2.05 bits per heavy atom. The molecule has 1 amide bonds. The van der Waals surface area contributed by atoms with Crippen molar-refractivity contribution in [2.24, 2.45) is 0 Å². The van der Waals surface area contributed by atoms with Crippen LogP contribution in [0.1, 0.15) is 23.1 Å². The van der Waals surface area contributed by atoms with Crippen molar-refractivity contribution in [3.05, 3.63) is 35.7 Å². The fourth-order valence-electron chi connectivity index (χ4n) is 1.77. The van der Waals surface area contributed by atoms with Gasteiger partial charge < -0.3 is 15.7 Å². The lowest BCUT2D eigenvalue weighted by molar-refractivity contribution is 0.0989. The highest BCUT2D eigenvalue weighted by atomic mass is 16.3. The fraction of sp³-hybridized carbons (Fsp3) is 0.231. The Morgan fingerprint density at radius 3 is 2.58 bits per heavy atom. The van der Waals surface area contributed by atoms with Gasteiger partial charge in [0.2, 0.25) is 0 Å². The number of nitrogens with zero attached hydrogens (tertiary/aromatic N) is 2. The molecule has 0 atom stereocenters. The van der Waals surface area contributed by atoms with Gasteiger partial charge in [0.25, 0.3) is 5.91 Å². The lowest BCUT2D eigenvalue weighted by Crippen LogP contribution is -2.27. The van der Waals surface area contributed by atoms with Crippen LogP contribution in [0.5, 0.6) is 5.75 Å². The van der Waals surface area contributed by atoms with Gasteiger partial charge in [-0.05, 0) is 30.7 Å². The number of aryl methyl sites for hydroxylation is 1. The zero-order chi connectivity index (χ0) is 14.0. The van der Waals surface area contributed by atoms with Crippen LogP contribution in [0, 0.1) is 0 Å². The van der Waals surface area contributed by atoms with Crippen molar-refractivity contribution in [2.45, 2.75) is 13.3 Å². The fourth-order valence-corrected chi connectivity index (χ4v) is 1.77. The molecule has 1 aromatic carbocycles. The Labute approximate surface area is 110 Å². The van der Waals surface area contributed by atoms with E-state index in [2.05, 4.69) is 10.2 Å². The number of phenolic OH excluding ortho intramolecular Hbond substituents is 1. The molecule has 0 radical (unpaired) electrons. The number of carbonyl (C=O) groups is 1. The third kappa shape index (κ3) is 2.37. The third-order valence-corrected chi connectivity index (χ3v) is 2.98. The molecule has 1 heterocycles. The maximum Gasteiger partial charge on any atom is 0.280 e. The minimum Gasteiger partial charge on any atom is -0.508 e. The van der Waals surface area contributed by atoms with Gasteiger partial charge >= 0.3 is 0 Å². The number of H-pyrrole nitrogens is 1. The van der Waals surface area contributed by atoms with E-state index in [1.54, 1.807) is 19.2 Å². The van der Waals surface area contributed by atoms with Gasteiger partial charge in [-0.25, -0.2) is 0 Å². The second-order valence-electron chi connectivity index (χ2n) is 4.20. The van der Waals surface area contributed by atoms with Crippen LogP contribution in [0.2, 0.25) is 0 Å². The van der Waals surface area contributed by atoms with Crippen molar-refractivity contribution in [1.82, 2.24) is 10.2 Å². The molecule has 2 rings (SSSR count). The number of phenols is 1. The second kappa shape index (κ2) is 5.01. The normalized spacial score (nSPS) is 10.4. The van der Waals surface area contributed by atoms with E-state index in [0.717, 1.165) is 5.69 Å². The van der Waals surface area contributed by atoms with Crippen LogP contribution >= 0.6 is 0 Å². The summed E-state index contributed by atoms with van der Waals surface area (Å²) in [6, 6.07) is 6.34. The Morgan fingerprint density at radius 1 is 1.42 bits per heavy atom. The van der Waals surface area contributed by atoms with Gasteiger partial charge in [0.05, 0.1) is 11.4 Å². The largest absolute Gasteiger partial charge is 0.508 e. The molecule has 6 nitrogen and oxygen atoms in total. The first kappa shape index (κ1) is 12.9. The van der Waals surface area contributed by atoms with E-state index in [9.17, 15) is 9.90 Å². The Kier molecular flexibility index (Phi) is 3.41. The first-order valence-electron chi connectivity index (χ1n) is 5.94. The number of anilines is 2. The quantitative estimate of drug-likeness (QED) is 0.780. The van der Waals surface area contributed by atoms with Gasteiger partial charge in [0.15, 0.2) is 5.69 Å². The van der Waals surface area contributed by atoms with Gasteiger partial charge in [-0.3, -0.25) is 9.89 Å². The molecular formula is C13H16N4O2. The van der Waals surface area contributed by atoms with Crippen LogP contribution in [-0.2, 0) is 6.42 Å². The maximum absolute atomic E-state index is 12.3. The first-order valence-corrected chi connectivity index (χ1v) is 5.94. The first-order chi connectivity index (χ1) is 9.04. The summed E-state index contributed by atoms with van der Waals surface area (Å²) >= 11 is 0. The number of amides is 1. The molecule has 1 aromatic heterocycles. The summed E-state index contributed by atoms with van der Waals surface area (Å²) in [4.78, 5) is 13.7. The van der Waals surface area contributed by atoms with Gasteiger partial charge in [-0.2, -0.15) is 5.10 Å². The number of aromatic nitrogens is 2. The average molecular weight is 260 g/mol. The Balaban J connectivity index is 2.28. The molecule has 0 bridgehead atoms. The predicted molar refractivity (Wildman–Crippen MR) is 73.2 cm³/mol. The molecule has 0 aliphatic carbocycles. The lowest BCUT2D eigenvalue weighted by atomic mass is 10.2. The summed E-state index contributed by atoms with van der Waals surface area (Å²) in [7, 11) is 1.63. The molecule has 0 aliphatic rings. The predicted octanol–water partition coefficient (Wildman–Crippen LogP) is 1.54. The molecule has 100 valence electrons. The molecule has 0 fully saturated rings. The van der Waals surface area contributed by atoms with Crippen molar-refractivity contribution in [1.29, 1.82) is 0 Å². The number of benzene rings is 1. The van der Waals surface area contributed by atoms with Crippen LogP contribution in [0.15, 0.2) is 24.3 Å². The zero-order valence-electron chi connectivity index (χ0n) is 10.8. The summed E-state index contributed by atoms with van der Waals surface area (Å²) in [5.41, 5.74) is 7.88. The van der Waals surface area contributed by atoms with Crippen LogP contribution in [0.3, 0.4) is 0 Å². The number of hydrogen-bond donors (Lipinski definition) is 3. The van der Waals surface area contributed by atoms with Crippen molar-refractivity contribution < 1.29 is 9.90 Å². The third-order valence-electron chi connectivity index (χ3n) is 2.98. The van der Waals surface area contributed by atoms with Crippen molar-refractivity contribution >= 4 is 17.3 Å². The van der Waals surface area contributed by atoms with E-state index < -0.39 is 0 Å². The molecule has 0 unspecified atom stereocenters. The summed E-state index contributed by atoms with van der Waals surface area (Å²) < 4.78 is 0. The average Bonchev–Trinajstić information content (AvgIpc) is 2.79. The van der Waals surface area contributed by atoms with Crippen molar-refractivity contribution in [2.75, 3.05) is 17.7 Å². The SMILES string of the molecule is CCc1[nH]nc(C(=O)N(C)c2ccc(O)cc2)c1N. The van der Waals surface area contributed by atoms with E-state index in [1.807, 2.05) is 6.92 Å². The van der Waals surface area contributed by atoms with Gasteiger partial charge in [0, 0.05) is 12.7 Å². The number of nitrogen functional groups attached to an aromatic ring is 1. The standard InChI is InChI=1S/C13H16N4O2/c1-3-10-11(14)12(16-15-10)13(19)17(2)8-4-6-9(18)7-5-8/h4-7,18H,3,14H2,1-2H3,(H,15,16). The highest BCUT2D eigenvalue weighted by molar-refractivity contribution is 6.07. The summed E-state index contributed by atoms with van der Waals surface area (Å²) in [6.45, 7) is 1.93. The van der Waals surface area contributed by atoms with E-state index in [1.165, 1.54) is 17.0 Å². The summed E-state index contributed by atoms with van der Waals surface area (Å²) in [5, 5.41) is 16.0. The van der Waals surface area contributed by atoms with Gasteiger partial charge in [0.1, 0.15) is 5.75 Å². The van der Waals surface area contributed by atoms with Gasteiger partial charge in [-0.1, -0.05) is 6.92 Å². The Hall–Kier alpha value is -2.50. The van der Waals surface area contributed by atoms with E-state index in [4.69, 9.17) is 5.73 Å². The maximum atomic E-state index is 12.3. The highest BCUT2D eigenvalue weighted by Crippen LogP contribution is 2.21. The van der Waals surface area contributed by atoms with E-state index >= 15 is 0 Å². The number of nitrogens with two attached hydrogens (primary N) is 1. The number of aromatic amines is 1. The van der Waals surface area contributed by atoms with Crippen LogP contribution < -0.4 is 10.6 Å². The summed E-state index contributed by atoms with van der Waals surface area (Å²) in [5.74, 6) is -0.142. The molecule has 0 saturated carbocycles. The molecule has 2 aromatic rings. The van der Waals surface area contributed by atoms with Crippen LogP contribution in [0.25, 0.3) is 0 Å². The monoisotopic (exact) mass is 260 g/mol. The number of nitrogens with one attached hydrogen (secondary N) is 1. The number of carbonyl (C=O) groups excluding carboxylic acids is 1. The molecule has 0 spiro atoms. The van der Waals surface area contributed by atoms with E-state index in [0.29, 0.717) is 17.8 Å². The molecule has 0 aliphatic heterocycles. The lowest BCUT2D eigenvalue weighted by Gasteiger charge is -2.16. The topological polar surface area (TPSA) is 95.2 Å². The van der Waals surface area contributed by atoms with Crippen molar-refractivity contribution in [3.8, 4) is 5.75 Å². The van der Waals surface area contributed by atoms with Crippen molar-refractivity contribution in [3.63, 3.8) is 0 Å². The molecule has 0 saturated heterocycles. The second-order valence-corrected chi connectivity index (χ2v) is 4.20. The zero-order valence-corrected chi connectivity index (χ0v) is 10.8. The van der Waals surface area contributed by atoms with Crippen LogP contribution in [-0.4, -0.2) is 28.3 Å².